The van der Waals surface area contributed by atoms with Crippen molar-refractivity contribution in [2.24, 2.45) is 5.73 Å². The molecule has 0 spiro atoms. The van der Waals surface area contributed by atoms with Gasteiger partial charge in [0.2, 0.25) is 0 Å². The highest BCUT2D eigenvalue weighted by Crippen LogP contribution is 2.16. The van der Waals surface area contributed by atoms with Crippen LogP contribution in [-0.4, -0.2) is 30.7 Å². The van der Waals surface area contributed by atoms with E-state index in [2.05, 4.69) is 5.32 Å². The first kappa shape index (κ1) is 11.5. The van der Waals surface area contributed by atoms with Gasteiger partial charge in [-0.15, -0.1) is 0 Å². The number of hydrogen-bond acceptors (Lipinski definition) is 4. The van der Waals surface area contributed by atoms with E-state index < -0.39 is 5.60 Å². The van der Waals surface area contributed by atoms with Gasteiger partial charge in [-0.1, -0.05) is 0 Å². The smallest absolute Gasteiger partial charge is 0.323 e. The van der Waals surface area contributed by atoms with Crippen LogP contribution in [-0.2, 0) is 9.53 Å². The zero-order valence-corrected chi connectivity index (χ0v) is 9.01. The van der Waals surface area contributed by atoms with Gasteiger partial charge in [-0.05, 0) is 46.2 Å². The third-order valence-electron chi connectivity index (χ3n) is 2.47. The lowest BCUT2D eigenvalue weighted by atomic mass is 10.1. The normalized spacial score (nSPS) is 22.4. The molecule has 1 rings (SSSR count). The Morgan fingerprint density at radius 1 is 1.64 bits per heavy atom. The molecule has 4 nitrogen and oxygen atoms in total. The molecule has 0 aliphatic carbocycles. The maximum atomic E-state index is 11.6. The summed E-state index contributed by atoms with van der Waals surface area (Å²) in [5.74, 6) is -0.138. The average Bonchev–Trinajstić information content (AvgIpc) is 2.53. The summed E-state index contributed by atoms with van der Waals surface area (Å²) in [7, 11) is 0. The summed E-state index contributed by atoms with van der Waals surface area (Å²) >= 11 is 0. The minimum Gasteiger partial charge on any atom is -0.458 e. The number of carbonyl (C=O) groups excluding carboxylic acids is 1. The van der Waals surface area contributed by atoms with Gasteiger partial charge < -0.3 is 15.8 Å². The van der Waals surface area contributed by atoms with E-state index in [1.807, 2.05) is 13.8 Å². The number of rotatable bonds is 4. The molecule has 82 valence electrons. The standard InChI is InChI=1S/C10H20N2O2/c1-10(2,5-6-11)14-9(13)8-4-3-7-12-8/h8,12H,3-7,11H2,1-2H3/t8-/m0/s1. The van der Waals surface area contributed by atoms with Crippen LogP contribution in [0.4, 0.5) is 0 Å². The lowest BCUT2D eigenvalue weighted by Gasteiger charge is -2.26. The molecule has 1 heterocycles. The van der Waals surface area contributed by atoms with Gasteiger partial charge in [-0.25, -0.2) is 0 Å². The molecule has 0 bridgehead atoms. The first-order valence-electron chi connectivity index (χ1n) is 5.21. The second-order valence-corrected chi connectivity index (χ2v) is 4.37. The van der Waals surface area contributed by atoms with E-state index in [4.69, 9.17) is 10.5 Å². The van der Waals surface area contributed by atoms with E-state index in [1.54, 1.807) is 0 Å². The number of carbonyl (C=O) groups is 1. The molecular weight excluding hydrogens is 180 g/mol. The number of hydrogen-bond donors (Lipinski definition) is 2. The Hall–Kier alpha value is -0.610. The van der Waals surface area contributed by atoms with Gasteiger partial charge in [0, 0.05) is 0 Å². The molecular formula is C10H20N2O2. The summed E-state index contributed by atoms with van der Waals surface area (Å²) in [6.45, 7) is 5.24. The van der Waals surface area contributed by atoms with Gasteiger partial charge in [0.1, 0.15) is 11.6 Å². The monoisotopic (exact) mass is 200 g/mol. The highest BCUT2D eigenvalue weighted by molar-refractivity contribution is 5.76. The number of ether oxygens (including phenoxy) is 1. The van der Waals surface area contributed by atoms with Crippen LogP contribution in [0.3, 0.4) is 0 Å². The number of nitrogens with two attached hydrogens (primary N) is 1. The Labute approximate surface area is 85.2 Å². The maximum absolute atomic E-state index is 11.6. The highest BCUT2D eigenvalue weighted by atomic mass is 16.6. The molecule has 3 N–H and O–H groups in total. The Morgan fingerprint density at radius 3 is 2.86 bits per heavy atom. The van der Waals surface area contributed by atoms with Crippen molar-refractivity contribution in [2.75, 3.05) is 13.1 Å². The van der Waals surface area contributed by atoms with Crippen molar-refractivity contribution in [3.8, 4) is 0 Å². The van der Waals surface area contributed by atoms with Crippen molar-refractivity contribution in [1.82, 2.24) is 5.32 Å². The van der Waals surface area contributed by atoms with E-state index in [9.17, 15) is 4.79 Å². The predicted molar refractivity (Wildman–Crippen MR) is 54.9 cm³/mol. The van der Waals surface area contributed by atoms with Crippen molar-refractivity contribution in [1.29, 1.82) is 0 Å². The zero-order chi connectivity index (χ0) is 10.6. The van der Waals surface area contributed by atoms with Crippen LogP contribution >= 0.6 is 0 Å². The first-order valence-corrected chi connectivity index (χ1v) is 5.21. The molecule has 1 aliphatic heterocycles. The lowest BCUT2D eigenvalue weighted by Crippen LogP contribution is -2.39. The van der Waals surface area contributed by atoms with Crippen molar-refractivity contribution in [2.45, 2.75) is 44.8 Å². The van der Waals surface area contributed by atoms with Crippen LogP contribution < -0.4 is 11.1 Å². The van der Waals surface area contributed by atoms with Gasteiger partial charge in [-0.3, -0.25) is 4.79 Å². The Bertz CT molecular complexity index is 198. The lowest BCUT2D eigenvalue weighted by molar-refractivity contribution is -0.159. The molecule has 0 aromatic heterocycles. The van der Waals surface area contributed by atoms with Gasteiger partial charge in [0.25, 0.3) is 0 Å². The maximum Gasteiger partial charge on any atom is 0.323 e. The van der Waals surface area contributed by atoms with Crippen molar-refractivity contribution in [3.63, 3.8) is 0 Å². The predicted octanol–water partition coefficient (Wildman–Crippen LogP) is 0.409. The molecule has 1 saturated heterocycles. The van der Waals surface area contributed by atoms with Crippen LogP contribution in [0.15, 0.2) is 0 Å². The summed E-state index contributed by atoms with van der Waals surface area (Å²) in [4.78, 5) is 11.6. The third-order valence-corrected chi connectivity index (χ3v) is 2.47. The Kier molecular flexibility index (Phi) is 3.89. The van der Waals surface area contributed by atoms with Crippen LogP contribution in [0.1, 0.15) is 33.1 Å². The average molecular weight is 200 g/mol. The van der Waals surface area contributed by atoms with Gasteiger partial charge in [0.15, 0.2) is 0 Å². The molecule has 0 saturated carbocycles. The zero-order valence-electron chi connectivity index (χ0n) is 9.01. The van der Waals surface area contributed by atoms with Gasteiger partial charge in [-0.2, -0.15) is 0 Å². The second kappa shape index (κ2) is 4.75. The molecule has 0 unspecified atom stereocenters. The van der Waals surface area contributed by atoms with Crippen molar-refractivity contribution < 1.29 is 9.53 Å². The summed E-state index contributed by atoms with van der Waals surface area (Å²) < 4.78 is 5.38. The Morgan fingerprint density at radius 2 is 2.36 bits per heavy atom. The van der Waals surface area contributed by atoms with E-state index in [-0.39, 0.29) is 12.0 Å². The highest BCUT2D eigenvalue weighted by Gasteiger charge is 2.29. The molecule has 0 aromatic carbocycles. The van der Waals surface area contributed by atoms with E-state index in [1.165, 1.54) is 0 Å². The second-order valence-electron chi connectivity index (χ2n) is 4.37. The van der Waals surface area contributed by atoms with Crippen LogP contribution in [0, 0.1) is 0 Å². The largest absolute Gasteiger partial charge is 0.458 e. The SMILES string of the molecule is CC(C)(CCN)OC(=O)[C@@H]1CCCN1. The van der Waals surface area contributed by atoms with Crippen LogP contribution in [0.25, 0.3) is 0 Å². The van der Waals surface area contributed by atoms with E-state index in [0.717, 1.165) is 19.4 Å². The fourth-order valence-electron chi connectivity index (χ4n) is 1.63. The summed E-state index contributed by atoms with van der Waals surface area (Å²) in [5, 5.41) is 3.12. The van der Waals surface area contributed by atoms with Gasteiger partial charge >= 0.3 is 5.97 Å². The molecule has 1 atom stereocenters. The molecule has 1 aliphatic rings. The molecule has 4 heteroatoms. The van der Waals surface area contributed by atoms with Crippen LogP contribution in [0.2, 0.25) is 0 Å². The van der Waals surface area contributed by atoms with Crippen molar-refractivity contribution >= 4 is 5.97 Å². The molecule has 1 fully saturated rings. The van der Waals surface area contributed by atoms with E-state index >= 15 is 0 Å². The molecule has 14 heavy (non-hydrogen) atoms. The molecule has 0 aromatic rings. The fourth-order valence-corrected chi connectivity index (χ4v) is 1.63. The molecule has 0 amide bonds. The van der Waals surface area contributed by atoms with Crippen LogP contribution in [0.5, 0.6) is 0 Å². The fraction of sp³-hybridized carbons (Fsp3) is 0.900. The van der Waals surface area contributed by atoms with Crippen molar-refractivity contribution in [3.05, 3.63) is 0 Å². The minimum atomic E-state index is -0.434. The molecule has 0 radical (unpaired) electrons. The first-order chi connectivity index (χ1) is 6.55. The minimum absolute atomic E-state index is 0.105. The topological polar surface area (TPSA) is 64.3 Å². The summed E-state index contributed by atoms with van der Waals surface area (Å²) in [6, 6.07) is -0.105. The van der Waals surface area contributed by atoms with E-state index in [0.29, 0.717) is 13.0 Å². The number of nitrogens with one attached hydrogen (secondary N) is 1. The third kappa shape index (κ3) is 3.27. The summed E-state index contributed by atoms with van der Waals surface area (Å²) in [5.41, 5.74) is 5.00. The summed E-state index contributed by atoms with van der Waals surface area (Å²) in [6.07, 6.45) is 2.64. The van der Waals surface area contributed by atoms with Gasteiger partial charge in [0.05, 0.1) is 0 Å². The Balaban J connectivity index is 2.38. The quantitative estimate of drug-likeness (QED) is 0.645. The number of esters is 1.